The topological polar surface area (TPSA) is 77.8 Å². The molecule has 0 heterocycles. The maximum atomic E-state index is 11.2. The summed E-state index contributed by atoms with van der Waals surface area (Å²) in [6.07, 6.45) is 14.2. The van der Waals surface area contributed by atoms with E-state index in [1.165, 1.54) is 19.3 Å². The summed E-state index contributed by atoms with van der Waals surface area (Å²) in [6.45, 7) is 6.83. The summed E-state index contributed by atoms with van der Waals surface area (Å²) in [4.78, 5) is 11.2. The van der Waals surface area contributed by atoms with E-state index in [1.807, 2.05) is 6.07 Å². The zero-order valence-corrected chi connectivity index (χ0v) is 19.3. The van der Waals surface area contributed by atoms with E-state index in [0.29, 0.717) is 5.41 Å². The van der Waals surface area contributed by atoms with Crippen molar-refractivity contribution in [2.75, 3.05) is 0 Å². The van der Waals surface area contributed by atoms with Gasteiger partial charge in [-0.1, -0.05) is 65.4 Å². The summed E-state index contributed by atoms with van der Waals surface area (Å²) in [5.41, 5.74) is 2.05. The van der Waals surface area contributed by atoms with Gasteiger partial charge < -0.3 is 15.3 Å². The average molecular weight is 419 g/mol. The second-order valence-corrected chi connectivity index (χ2v) is 10.5. The van der Waals surface area contributed by atoms with Crippen LogP contribution in [0.2, 0.25) is 0 Å². The molecule has 0 unspecified atom stereocenters. The van der Waals surface area contributed by atoms with Gasteiger partial charge in [0.05, 0.1) is 5.41 Å². The number of unbranched alkanes of at least 4 members (excludes halogenated alkanes) is 6. The van der Waals surface area contributed by atoms with E-state index in [4.69, 9.17) is 0 Å². The van der Waals surface area contributed by atoms with Crippen LogP contribution in [0.4, 0.5) is 0 Å². The minimum Gasteiger partial charge on any atom is -0.504 e. The van der Waals surface area contributed by atoms with Gasteiger partial charge in [0.2, 0.25) is 0 Å². The van der Waals surface area contributed by atoms with Gasteiger partial charge in [-0.15, -0.1) is 0 Å². The first-order chi connectivity index (χ1) is 14.1. The van der Waals surface area contributed by atoms with Gasteiger partial charge in [-0.25, -0.2) is 0 Å². The Bertz CT molecular complexity index is 683. The molecule has 4 nitrogen and oxygen atoms in total. The highest BCUT2D eigenvalue weighted by molar-refractivity contribution is 5.77. The molecule has 1 aliphatic rings. The highest BCUT2D eigenvalue weighted by Gasteiger charge is 2.49. The molecule has 0 radical (unpaired) electrons. The lowest BCUT2D eigenvalue weighted by Gasteiger charge is -2.17. The van der Waals surface area contributed by atoms with Crippen LogP contribution < -0.4 is 0 Å². The van der Waals surface area contributed by atoms with Gasteiger partial charge in [-0.2, -0.15) is 0 Å². The van der Waals surface area contributed by atoms with Crippen LogP contribution in [0.25, 0.3) is 0 Å². The van der Waals surface area contributed by atoms with Crippen molar-refractivity contribution in [3.05, 3.63) is 23.3 Å². The molecule has 0 amide bonds. The predicted molar refractivity (Wildman–Crippen MR) is 122 cm³/mol. The number of hydrogen-bond donors (Lipinski definition) is 3. The third-order valence-electron chi connectivity index (χ3n) is 6.62. The van der Waals surface area contributed by atoms with Crippen molar-refractivity contribution in [3.8, 4) is 11.5 Å². The molecule has 1 saturated carbocycles. The first-order valence-corrected chi connectivity index (χ1v) is 11.9. The quantitative estimate of drug-likeness (QED) is 0.225. The maximum Gasteiger partial charge on any atom is 0.309 e. The fourth-order valence-corrected chi connectivity index (χ4v) is 4.34. The van der Waals surface area contributed by atoms with E-state index in [2.05, 4.69) is 20.8 Å². The Balaban J connectivity index is 1.72. The van der Waals surface area contributed by atoms with Crippen LogP contribution in [0.5, 0.6) is 11.5 Å². The molecule has 170 valence electrons. The third kappa shape index (κ3) is 7.85. The normalized spacial score (nSPS) is 15.3. The van der Waals surface area contributed by atoms with Crippen LogP contribution in [0.3, 0.4) is 0 Å². The maximum absolute atomic E-state index is 11.2. The Morgan fingerprint density at radius 1 is 0.900 bits per heavy atom. The highest BCUT2D eigenvalue weighted by atomic mass is 16.4. The number of phenols is 2. The lowest BCUT2D eigenvalue weighted by atomic mass is 9.89. The molecule has 0 spiro atoms. The molecule has 4 heteroatoms. The monoisotopic (exact) mass is 418 g/mol. The van der Waals surface area contributed by atoms with Gasteiger partial charge in [-0.05, 0) is 68.4 Å². The summed E-state index contributed by atoms with van der Waals surface area (Å²) >= 11 is 0. The van der Waals surface area contributed by atoms with Crippen LogP contribution >= 0.6 is 0 Å². The minimum atomic E-state index is -0.620. The number of aromatic hydroxyl groups is 2. The fraction of sp³-hybridized carbons (Fsp3) is 0.731. The predicted octanol–water partition coefficient (Wildman–Crippen LogP) is 6.99. The molecular formula is C26H42O4. The second-order valence-electron chi connectivity index (χ2n) is 10.5. The zero-order chi connectivity index (χ0) is 22.2. The number of benzene rings is 1. The van der Waals surface area contributed by atoms with Gasteiger partial charge in [0.25, 0.3) is 0 Å². The van der Waals surface area contributed by atoms with Crippen molar-refractivity contribution in [3.63, 3.8) is 0 Å². The number of aliphatic carboxylic acids is 1. The standard InChI is InChI=1S/C26H42O4/c1-25(2,3)16-10-6-5-9-13-21-20(14-15-22(27)23(21)28)12-8-4-7-11-17-26(18-19-26)24(29)30/h14-15,27-28H,4-13,16-19H2,1-3H3,(H,29,30). The molecule has 0 atom stereocenters. The number of carboxylic acids is 1. The number of hydrogen-bond acceptors (Lipinski definition) is 3. The Morgan fingerprint density at radius 2 is 1.50 bits per heavy atom. The Hall–Kier alpha value is -1.71. The highest BCUT2D eigenvalue weighted by Crippen LogP contribution is 2.50. The van der Waals surface area contributed by atoms with Crippen molar-refractivity contribution >= 4 is 5.97 Å². The molecule has 1 aromatic rings. The van der Waals surface area contributed by atoms with Gasteiger partial charge in [0.1, 0.15) is 0 Å². The summed E-state index contributed by atoms with van der Waals surface area (Å²) in [6, 6.07) is 3.55. The number of carboxylic acid groups (broad SMARTS) is 1. The Labute approximate surface area is 182 Å². The molecule has 0 aliphatic heterocycles. The van der Waals surface area contributed by atoms with Gasteiger partial charge in [-0.3, -0.25) is 4.79 Å². The first kappa shape index (κ1) is 24.6. The van der Waals surface area contributed by atoms with Gasteiger partial charge in [0.15, 0.2) is 11.5 Å². The molecule has 0 saturated heterocycles. The Kier molecular flexibility index (Phi) is 9.06. The molecule has 0 aromatic heterocycles. The summed E-state index contributed by atoms with van der Waals surface area (Å²) in [5.74, 6) is -0.589. The largest absolute Gasteiger partial charge is 0.504 e. The molecular weight excluding hydrogens is 376 g/mol. The summed E-state index contributed by atoms with van der Waals surface area (Å²) in [7, 11) is 0. The van der Waals surface area contributed by atoms with Crippen LogP contribution in [-0.2, 0) is 17.6 Å². The molecule has 3 N–H and O–H groups in total. The average Bonchev–Trinajstić information content (AvgIpc) is 3.45. The smallest absolute Gasteiger partial charge is 0.309 e. The molecule has 0 bridgehead atoms. The van der Waals surface area contributed by atoms with Crippen LogP contribution in [-0.4, -0.2) is 21.3 Å². The van der Waals surface area contributed by atoms with E-state index in [0.717, 1.165) is 81.8 Å². The van der Waals surface area contributed by atoms with Gasteiger partial charge >= 0.3 is 5.97 Å². The van der Waals surface area contributed by atoms with Crippen molar-refractivity contribution in [1.82, 2.24) is 0 Å². The number of aryl methyl sites for hydroxylation is 1. The van der Waals surface area contributed by atoms with Crippen LogP contribution in [0.1, 0.15) is 109 Å². The molecule has 1 aliphatic carbocycles. The molecule has 1 fully saturated rings. The van der Waals surface area contributed by atoms with Gasteiger partial charge in [0, 0.05) is 5.56 Å². The summed E-state index contributed by atoms with van der Waals surface area (Å²) < 4.78 is 0. The van der Waals surface area contributed by atoms with Crippen LogP contribution in [0.15, 0.2) is 12.1 Å². The SMILES string of the molecule is CC(C)(C)CCCCCCc1c(CCCCCCC2(C(=O)O)CC2)ccc(O)c1O. The lowest BCUT2D eigenvalue weighted by Crippen LogP contribution is -2.14. The molecule has 2 rings (SSSR count). The number of rotatable bonds is 14. The first-order valence-electron chi connectivity index (χ1n) is 11.9. The van der Waals surface area contributed by atoms with E-state index >= 15 is 0 Å². The second kappa shape index (κ2) is 11.1. The molecule has 1 aromatic carbocycles. The van der Waals surface area contributed by atoms with E-state index in [1.54, 1.807) is 6.07 Å². The van der Waals surface area contributed by atoms with Crippen molar-refractivity contribution < 1.29 is 20.1 Å². The van der Waals surface area contributed by atoms with Crippen molar-refractivity contribution in [2.24, 2.45) is 10.8 Å². The van der Waals surface area contributed by atoms with E-state index in [9.17, 15) is 20.1 Å². The third-order valence-corrected chi connectivity index (χ3v) is 6.62. The minimum absolute atomic E-state index is 0.0233. The lowest BCUT2D eigenvalue weighted by molar-refractivity contribution is -0.143. The molecule has 30 heavy (non-hydrogen) atoms. The van der Waals surface area contributed by atoms with Crippen LogP contribution in [0, 0.1) is 10.8 Å². The fourth-order valence-electron chi connectivity index (χ4n) is 4.34. The number of carbonyl (C=O) groups is 1. The Morgan fingerprint density at radius 3 is 2.10 bits per heavy atom. The van der Waals surface area contributed by atoms with Crippen molar-refractivity contribution in [2.45, 2.75) is 111 Å². The van der Waals surface area contributed by atoms with E-state index in [-0.39, 0.29) is 11.5 Å². The van der Waals surface area contributed by atoms with E-state index < -0.39 is 11.4 Å². The summed E-state index contributed by atoms with van der Waals surface area (Å²) in [5, 5.41) is 29.5. The van der Waals surface area contributed by atoms with Crippen molar-refractivity contribution in [1.29, 1.82) is 0 Å². The number of phenolic OH excluding ortho intramolecular Hbond substituents is 2. The zero-order valence-electron chi connectivity index (χ0n) is 19.3.